The molecule has 16 nitrogen and oxygen atoms in total. The molecule has 2 aromatic carbocycles. The number of carbonyl (C=O) groups is 5. The molecule has 0 radical (unpaired) electrons. The van der Waals surface area contributed by atoms with Crippen molar-refractivity contribution in [2.24, 2.45) is 5.73 Å². The van der Waals surface area contributed by atoms with E-state index >= 15 is 0 Å². The van der Waals surface area contributed by atoms with Crippen molar-refractivity contribution >= 4 is 61.4 Å². The number of fused-ring (bicyclic) bond motifs is 2. The molecule has 19 heteroatoms. The van der Waals surface area contributed by atoms with Gasteiger partial charge >= 0.3 is 11.9 Å². The third-order valence-electron chi connectivity index (χ3n) is 9.30. The van der Waals surface area contributed by atoms with Gasteiger partial charge in [-0.25, -0.2) is 18.0 Å². The topological polar surface area (TPSA) is 237 Å². The molecule has 4 N–H and O–H groups in total. The number of benzene rings is 2. The van der Waals surface area contributed by atoms with E-state index in [1.807, 2.05) is 20.8 Å². The van der Waals surface area contributed by atoms with Crippen LogP contribution in [0, 0.1) is 6.92 Å². The van der Waals surface area contributed by atoms with E-state index < -0.39 is 89.5 Å². The van der Waals surface area contributed by atoms with Gasteiger partial charge in [0.25, 0.3) is 10.1 Å². The van der Waals surface area contributed by atoms with Gasteiger partial charge in [-0.05, 0) is 52.3 Å². The number of ether oxygens (including phenoxy) is 2. The second-order valence-corrected chi connectivity index (χ2v) is 19.4. The van der Waals surface area contributed by atoms with Crippen LogP contribution in [-0.4, -0.2) is 106 Å². The number of thioether (sulfide) groups is 1. The summed E-state index contributed by atoms with van der Waals surface area (Å²) >= 11 is 1.48. The van der Waals surface area contributed by atoms with Crippen molar-refractivity contribution in [1.82, 2.24) is 15.1 Å². The predicted octanol–water partition coefficient (Wildman–Crippen LogP) is 0.653. The molecule has 0 aliphatic carbocycles. The number of hydrogen-bond acceptors (Lipinski definition) is 13. The van der Waals surface area contributed by atoms with Crippen molar-refractivity contribution in [2.75, 3.05) is 6.79 Å². The van der Waals surface area contributed by atoms with Gasteiger partial charge in [-0.1, -0.05) is 48.0 Å². The Labute approximate surface area is 299 Å². The fraction of sp³-hybridized carbons (Fsp3) is 0.469. The van der Waals surface area contributed by atoms with Crippen LogP contribution < -0.4 is 11.1 Å². The van der Waals surface area contributed by atoms with Crippen LogP contribution in [0.2, 0.25) is 0 Å². The van der Waals surface area contributed by atoms with E-state index in [0.29, 0.717) is 12.0 Å². The zero-order chi connectivity index (χ0) is 37.8. The largest absolute Gasteiger partial charge is 0.426 e. The number of amides is 3. The molecule has 6 atom stereocenters. The number of carbonyl (C=O) groups excluding carboxylic acids is 5. The molecule has 4 aliphatic heterocycles. The first-order valence-electron chi connectivity index (χ1n) is 15.6. The molecule has 4 aliphatic rings. The molecule has 2 aromatic rings. The minimum absolute atomic E-state index is 0.0666. The first kappa shape index (κ1) is 38.2. The Kier molecular flexibility index (Phi) is 10.1. The third kappa shape index (κ3) is 6.84. The highest BCUT2D eigenvalue weighted by atomic mass is 32.2. The lowest BCUT2D eigenvalue weighted by Crippen LogP contribution is -2.72. The van der Waals surface area contributed by atoms with Gasteiger partial charge in [0.15, 0.2) is 15.2 Å². The van der Waals surface area contributed by atoms with E-state index in [2.05, 4.69) is 5.32 Å². The molecule has 0 aromatic heterocycles. The van der Waals surface area contributed by atoms with E-state index in [0.717, 1.165) is 10.5 Å². The Morgan fingerprint density at radius 1 is 0.980 bits per heavy atom. The maximum absolute atomic E-state index is 13.4. The van der Waals surface area contributed by atoms with Crippen molar-refractivity contribution < 1.29 is 54.8 Å². The molecule has 51 heavy (non-hydrogen) atoms. The zero-order valence-corrected chi connectivity index (χ0v) is 30.7. The van der Waals surface area contributed by atoms with Gasteiger partial charge in [0.2, 0.25) is 24.5 Å². The molecular formula is C32H38N4O12S3. The number of rotatable bonds is 8. The molecule has 276 valence electrons. The number of aryl methyl sites for hydroxylation is 1. The quantitative estimate of drug-likeness (QED) is 0.145. The molecule has 0 bridgehead atoms. The van der Waals surface area contributed by atoms with Gasteiger partial charge in [0, 0.05) is 4.75 Å². The molecule has 4 heterocycles. The second kappa shape index (κ2) is 13.5. The molecule has 0 saturated carbocycles. The van der Waals surface area contributed by atoms with Crippen LogP contribution >= 0.6 is 11.8 Å². The van der Waals surface area contributed by atoms with Crippen molar-refractivity contribution in [2.45, 2.75) is 90.3 Å². The first-order chi connectivity index (χ1) is 23.6. The maximum Gasteiger partial charge on any atom is 0.333 e. The van der Waals surface area contributed by atoms with E-state index in [4.69, 9.17) is 19.8 Å². The van der Waals surface area contributed by atoms with Gasteiger partial charge in [-0.2, -0.15) is 8.42 Å². The summed E-state index contributed by atoms with van der Waals surface area (Å²) in [4.78, 5) is 65.9. The van der Waals surface area contributed by atoms with Crippen LogP contribution in [0.5, 0.6) is 0 Å². The first-order valence-corrected chi connectivity index (χ1v) is 19.5. The van der Waals surface area contributed by atoms with E-state index in [1.54, 1.807) is 42.5 Å². The lowest BCUT2D eigenvalue weighted by atomic mass is 9.95. The van der Waals surface area contributed by atoms with Crippen LogP contribution in [0.4, 0.5) is 0 Å². The average molecular weight is 767 g/mol. The fourth-order valence-electron chi connectivity index (χ4n) is 6.45. The van der Waals surface area contributed by atoms with Crippen molar-refractivity contribution in [3.63, 3.8) is 0 Å². The van der Waals surface area contributed by atoms with Crippen LogP contribution in [0.3, 0.4) is 0 Å². The Bertz CT molecular complexity index is 1970. The van der Waals surface area contributed by atoms with Gasteiger partial charge in [0.1, 0.15) is 28.9 Å². The lowest BCUT2D eigenvalue weighted by molar-refractivity contribution is -0.181. The minimum Gasteiger partial charge on any atom is -0.426 e. The standard InChI is InChI=1S/C25H30N4O9S2.C7H8O3S/c1-24(2)17(28-13(30)10-14(28)39-24)22(33)37-11-38-23(34)18-25(3,4)40(35,36)21-16(20(32)29(18)21)27-19(31)15(26)12-8-6-5-7-9-12;1-6-2-4-7(5-3-6)11(8,9)10/h5-9,14-18,21H,10-11,26H2,1-4H3,(H,27,31);2-5H,1H3,(H,8,9,10)/t14-,15?,16-,17+,18?,21-;/m1./s1. The summed E-state index contributed by atoms with van der Waals surface area (Å²) in [5.41, 5.74) is 7.42. The number of nitrogens with two attached hydrogens (primary N) is 1. The van der Waals surface area contributed by atoms with Gasteiger partial charge < -0.3 is 30.3 Å². The number of hydrogen-bond donors (Lipinski definition) is 3. The van der Waals surface area contributed by atoms with Crippen LogP contribution in [0.15, 0.2) is 59.5 Å². The summed E-state index contributed by atoms with van der Waals surface area (Å²) in [6.07, 6.45) is 0.336. The summed E-state index contributed by atoms with van der Waals surface area (Å²) in [6.45, 7) is 7.21. The molecule has 0 spiro atoms. The fourth-order valence-corrected chi connectivity index (χ4v) is 10.8. The average Bonchev–Trinajstić information content (AvgIpc) is 3.36. The predicted molar refractivity (Wildman–Crippen MR) is 181 cm³/mol. The highest BCUT2D eigenvalue weighted by Crippen LogP contribution is 2.51. The van der Waals surface area contributed by atoms with E-state index in [9.17, 15) is 40.8 Å². The summed E-state index contributed by atoms with van der Waals surface area (Å²) < 4.78 is 64.2. The Hall–Kier alpha value is -4.04. The van der Waals surface area contributed by atoms with Gasteiger partial charge in [-0.15, -0.1) is 11.8 Å². The Morgan fingerprint density at radius 3 is 2.10 bits per heavy atom. The molecule has 6 rings (SSSR count). The maximum atomic E-state index is 13.4. The lowest BCUT2D eigenvalue weighted by Gasteiger charge is -2.43. The van der Waals surface area contributed by atoms with Crippen molar-refractivity contribution in [3.05, 3.63) is 65.7 Å². The summed E-state index contributed by atoms with van der Waals surface area (Å²) in [5, 5.41) is 0.806. The Balaban J connectivity index is 0.000000392. The zero-order valence-electron chi connectivity index (χ0n) is 28.2. The van der Waals surface area contributed by atoms with E-state index in [-0.39, 0.29) is 16.2 Å². The SMILES string of the molecule is CC1(C)S[C@@H]2CC(=O)N2[C@H]1C(=O)OCOC(=O)C1N2C(=O)[C@@H](NC(=O)C(N)c3ccccc3)[C@H]2S(=O)(=O)C1(C)C.Cc1ccc(S(=O)(=O)O)cc1. The number of esters is 2. The summed E-state index contributed by atoms with van der Waals surface area (Å²) in [6, 6.07) is 9.39. The molecule has 3 amide bonds. The second-order valence-electron chi connectivity index (χ2n) is 13.5. The van der Waals surface area contributed by atoms with Crippen molar-refractivity contribution in [3.8, 4) is 0 Å². The number of nitrogens with one attached hydrogen (secondary N) is 1. The molecule has 4 fully saturated rings. The monoisotopic (exact) mass is 766 g/mol. The molecular weight excluding hydrogens is 729 g/mol. The van der Waals surface area contributed by atoms with Crippen LogP contribution in [-0.2, 0) is 53.4 Å². The normalized spacial score (nSPS) is 27.0. The minimum atomic E-state index is -4.17. The summed E-state index contributed by atoms with van der Waals surface area (Å²) in [5.74, 6) is -3.53. The van der Waals surface area contributed by atoms with E-state index in [1.165, 1.54) is 42.6 Å². The number of β-lactam (4-membered cyclic amide) rings is 2. The molecule has 4 saturated heterocycles. The highest BCUT2D eigenvalue weighted by Gasteiger charge is 2.73. The summed E-state index contributed by atoms with van der Waals surface area (Å²) in [7, 11) is -8.19. The van der Waals surface area contributed by atoms with Gasteiger partial charge in [0.05, 0.1) is 16.7 Å². The van der Waals surface area contributed by atoms with Gasteiger partial charge in [-0.3, -0.25) is 18.9 Å². The van der Waals surface area contributed by atoms with Crippen molar-refractivity contribution in [1.29, 1.82) is 0 Å². The van der Waals surface area contributed by atoms with Crippen LogP contribution in [0.1, 0.15) is 51.3 Å². The third-order valence-corrected chi connectivity index (χ3v) is 14.5. The smallest absolute Gasteiger partial charge is 0.333 e. The number of sulfone groups is 1. The Morgan fingerprint density at radius 2 is 1.55 bits per heavy atom. The molecule has 2 unspecified atom stereocenters. The highest BCUT2D eigenvalue weighted by molar-refractivity contribution is 8.01. The number of nitrogens with zero attached hydrogens (tertiary/aromatic N) is 2. The van der Waals surface area contributed by atoms with Crippen LogP contribution in [0.25, 0.3) is 0 Å².